The van der Waals surface area contributed by atoms with Gasteiger partial charge in [0.05, 0.1) is 18.8 Å². The second kappa shape index (κ2) is 5.75. The Morgan fingerprint density at radius 3 is 3.15 bits per heavy atom. The Morgan fingerprint density at radius 2 is 2.30 bits per heavy atom. The van der Waals surface area contributed by atoms with Crippen molar-refractivity contribution in [3.8, 4) is 5.88 Å². The summed E-state index contributed by atoms with van der Waals surface area (Å²) in [7, 11) is 1.62. The molecule has 3 rings (SSSR count). The third-order valence-corrected chi connectivity index (χ3v) is 4.13. The summed E-state index contributed by atoms with van der Waals surface area (Å²) in [5, 5.41) is 3.00. The van der Waals surface area contributed by atoms with Gasteiger partial charge in [0.25, 0.3) is 0 Å². The largest absolute Gasteiger partial charge is 0.481 e. The summed E-state index contributed by atoms with van der Waals surface area (Å²) in [6, 6.07) is -0.0319. The van der Waals surface area contributed by atoms with Crippen LogP contribution in [0, 0.1) is 0 Å². The van der Waals surface area contributed by atoms with Gasteiger partial charge in [-0.25, -0.2) is 9.97 Å². The number of fused-ring (bicyclic) bond motifs is 1. The molecule has 1 atom stereocenters. The molecule has 3 heterocycles. The molecule has 1 aromatic heterocycles. The average molecular weight is 276 g/mol. The first-order chi connectivity index (χ1) is 9.79. The van der Waals surface area contributed by atoms with Gasteiger partial charge in [-0.05, 0) is 19.3 Å². The van der Waals surface area contributed by atoms with Gasteiger partial charge in [-0.1, -0.05) is 0 Å². The van der Waals surface area contributed by atoms with Crippen molar-refractivity contribution in [3.63, 3.8) is 0 Å². The first-order valence-electron chi connectivity index (χ1n) is 7.18. The van der Waals surface area contributed by atoms with E-state index in [4.69, 9.17) is 4.74 Å². The number of carbonyl (C=O) groups excluding carboxylic acids is 1. The van der Waals surface area contributed by atoms with E-state index in [1.807, 2.05) is 0 Å². The Bertz CT molecular complexity index is 492. The minimum absolute atomic E-state index is 0.0319. The smallest absolute Gasteiger partial charge is 0.237 e. The highest BCUT2D eigenvalue weighted by Crippen LogP contribution is 2.27. The van der Waals surface area contributed by atoms with Crippen molar-refractivity contribution in [3.05, 3.63) is 17.6 Å². The zero-order valence-corrected chi connectivity index (χ0v) is 11.8. The molecule has 0 unspecified atom stereocenters. The van der Waals surface area contributed by atoms with Crippen molar-refractivity contribution in [2.24, 2.45) is 0 Å². The minimum atomic E-state index is -0.0319. The maximum Gasteiger partial charge on any atom is 0.237 e. The van der Waals surface area contributed by atoms with Crippen LogP contribution in [0.2, 0.25) is 0 Å². The fourth-order valence-corrected chi connectivity index (χ4v) is 3.05. The summed E-state index contributed by atoms with van der Waals surface area (Å²) in [4.78, 5) is 22.9. The van der Waals surface area contributed by atoms with Crippen LogP contribution in [0.1, 0.15) is 30.5 Å². The van der Waals surface area contributed by atoms with E-state index < -0.39 is 0 Å². The molecule has 1 fully saturated rings. The van der Waals surface area contributed by atoms with Gasteiger partial charge in [0.15, 0.2) is 0 Å². The summed E-state index contributed by atoms with van der Waals surface area (Å²) in [5.41, 5.74) is 2.07. The van der Waals surface area contributed by atoms with E-state index in [9.17, 15) is 4.79 Å². The van der Waals surface area contributed by atoms with E-state index in [2.05, 4.69) is 20.2 Å². The molecule has 0 aliphatic carbocycles. The first kappa shape index (κ1) is 13.3. The van der Waals surface area contributed by atoms with E-state index in [0.717, 1.165) is 50.0 Å². The van der Waals surface area contributed by atoms with E-state index in [1.54, 1.807) is 13.4 Å². The van der Waals surface area contributed by atoms with E-state index in [-0.39, 0.29) is 11.9 Å². The van der Waals surface area contributed by atoms with Crippen LogP contribution in [0.4, 0.5) is 0 Å². The normalized spacial score (nSPS) is 23.6. The van der Waals surface area contributed by atoms with Gasteiger partial charge < -0.3 is 10.1 Å². The number of aromatic nitrogens is 2. The molecule has 6 heteroatoms. The molecule has 2 aliphatic heterocycles. The summed E-state index contributed by atoms with van der Waals surface area (Å²) < 4.78 is 5.32. The van der Waals surface area contributed by atoms with Crippen LogP contribution in [-0.2, 0) is 17.8 Å². The molecule has 0 saturated carbocycles. The maximum atomic E-state index is 12.2. The lowest BCUT2D eigenvalue weighted by molar-refractivity contribution is -0.126. The van der Waals surface area contributed by atoms with Gasteiger partial charge in [-0.2, -0.15) is 0 Å². The Hall–Kier alpha value is -1.69. The number of nitrogens with one attached hydrogen (secondary N) is 1. The van der Waals surface area contributed by atoms with Crippen LogP contribution in [-0.4, -0.2) is 47.0 Å². The fourth-order valence-electron chi connectivity index (χ4n) is 3.05. The topological polar surface area (TPSA) is 67.4 Å². The highest BCUT2D eigenvalue weighted by molar-refractivity contribution is 5.82. The molecule has 0 bridgehead atoms. The highest BCUT2D eigenvalue weighted by atomic mass is 16.5. The molecule has 1 N–H and O–H groups in total. The van der Waals surface area contributed by atoms with Gasteiger partial charge >= 0.3 is 0 Å². The number of carbonyl (C=O) groups is 1. The number of rotatable bonds is 2. The average Bonchev–Trinajstić information content (AvgIpc) is 2.70. The van der Waals surface area contributed by atoms with Crippen LogP contribution >= 0.6 is 0 Å². The van der Waals surface area contributed by atoms with Gasteiger partial charge in [0.1, 0.15) is 6.33 Å². The monoisotopic (exact) mass is 276 g/mol. The molecule has 0 radical (unpaired) electrons. The second-order valence-electron chi connectivity index (χ2n) is 5.33. The van der Waals surface area contributed by atoms with Crippen molar-refractivity contribution >= 4 is 5.91 Å². The molecule has 20 heavy (non-hydrogen) atoms. The van der Waals surface area contributed by atoms with Crippen LogP contribution < -0.4 is 10.1 Å². The molecular formula is C14H20N4O2. The lowest BCUT2D eigenvalue weighted by Gasteiger charge is -2.33. The zero-order chi connectivity index (χ0) is 13.9. The molecule has 1 aromatic rings. The van der Waals surface area contributed by atoms with Crippen molar-refractivity contribution < 1.29 is 9.53 Å². The maximum absolute atomic E-state index is 12.2. The van der Waals surface area contributed by atoms with Gasteiger partial charge in [0, 0.05) is 31.6 Å². The van der Waals surface area contributed by atoms with Crippen molar-refractivity contribution in [1.82, 2.24) is 20.2 Å². The Kier molecular flexibility index (Phi) is 3.82. The van der Waals surface area contributed by atoms with Crippen LogP contribution in [0.25, 0.3) is 0 Å². The quantitative estimate of drug-likeness (QED) is 0.852. The van der Waals surface area contributed by atoms with Crippen molar-refractivity contribution in [2.75, 3.05) is 20.2 Å². The SMILES string of the molecule is COc1ncnc2c1CN([C@@H]1CCCCNC1=O)CC2. The van der Waals surface area contributed by atoms with Crippen molar-refractivity contribution in [2.45, 2.75) is 38.3 Å². The fraction of sp³-hybridized carbons (Fsp3) is 0.643. The number of hydrogen-bond acceptors (Lipinski definition) is 5. The lowest BCUT2D eigenvalue weighted by atomic mass is 10.0. The van der Waals surface area contributed by atoms with Crippen molar-refractivity contribution in [1.29, 1.82) is 0 Å². The highest BCUT2D eigenvalue weighted by Gasteiger charge is 2.31. The summed E-state index contributed by atoms with van der Waals surface area (Å²) in [6.07, 6.45) is 5.48. The Labute approximate surface area is 118 Å². The number of hydrogen-bond donors (Lipinski definition) is 1. The summed E-state index contributed by atoms with van der Waals surface area (Å²) in [5.74, 6) is 0.787. The van der Waals surface area contributed by atoms with E-state index in [0.29, 0.717) is 12.4 Å². The molecule has 0 spiro atoms. The Balaban J connectivity index is 1.82. The number of amides is 1. The van der Waals surface area contributed by atoms with Gasteiger partial charge in [-0.3, -0.25) is 9.69 Å². The minimum Gasteiger partial charge on any atom is -0.481 e. The molecule has 6 nitrogen and oxygen atoms in total. The molecular weight excluding hydrogens is 256 g/mol. The summed E-state index contributed by atoms with van der Waals surface area (Å²) in [6.45, 7) is 2.36. The van der Waals surface area contributed by atoms with Crippen LogP contribution in [0.5, 0.6) is 5.88 Å². The molecule has 1 saturated heterocycles. The van der Waals surface area contributed by atoms with Gasteiger partial charge in [-0.15, -0.1) is 0 Å². The second-order valence-corrected chi connectivity index (χ2v) is 5.33. The molecule has 0 aromatic carbocycles. The molecule has 1 amide bonds. The molecule has 2 aliphatic rings. The van der Waals surface area contributed by atoms with E-state index >= 15 is 0 Å². The number of ether oxygens (including phenoxy) is 1. The first-order valence-corrected chi connectivity index (χ1v) is 7.18. The third-order valence-electron chi connectivity index (χ3n) is 4.13. The van der Waals surface area contributed by atoms with E-state index in [1.165, 1.54) is 0 Å². The lowest BCUT2D eigenvalue weighted by Crippen LogP contribution is -2.47. The molecule has 108 valence electrons. The number of nitrogens with zero attached hydrogens (tertiary/aromatic N) is 3. The van der Waals surface area contributed by atoms with Crippen LogP contribution in [0.15, 0.2) is 6.33 Å². The standard InChI is InChI=1S/C14H20N4O2/c1-20-14-10-8-18(7-5-11(10)16-9-17-14)12-4-2-3-6-15-13(12)19/h9,12H,2-8H2,1H3,(H,15,19)/t12-/m1/s1. The predicted octanol–water partition coefficient (Wildman–Crippen LogP) is 0.512. The number of methoxy groups -OCH3 is 1. The summed E-state index contributed by atoms with van der Waals surface area (Å²) >= 11 is 0. The van der Waals surface area contributed by atoms with Crippen LogP contribution in [0.3, 0.4) is 0 Å². The Morgan fingerprint density at radius 1 is 1.40 bits per heavy atom. The van der Waals surface area contributed by atoms with Gasteiger partial charge in [0.2, 0.25) is 11.8 Å². The predicted molar refractivity (Wildman–Crippen MR) is 73.3 cm³/mol. The third kappa shape index (κ3) is 2.47. The zero-order valence-electron chi connectivity index (χ0n) is 11.8.